The number of carbonyl (C=O) groups excluding carboxylic acids is 1. The zero-order chi connectivity index (χ0) is 17.5. The van der Waals surface area contributed by atoms with Gasteiger partial charge in [0.05, 0.1) is 11.5 Å². The number of sulfonamides is 1. The first-order valence-corrected chi connectivity index (χ1v) is 8.76. The molecule has 2 N–H and O–H groups in total. The van der Waals surface area contributed by atoms with E-state index in [2.05, 4.69) is 10.0 Å². The van der Waals surface area contributed by atoms with Gasteiger partial charge in [0.15, 0.2) is 6.61 Å². The summed E-state index contributed by atoms with van der Waals surface area (Å²) in [6.07, 6.45) is 0. The molecule has 0 aliphatic carbocycles. The Labute approximate surface area is 137 Å². The molecule has 0 aromatic heterocycles. The third-order valence-corrected chi connectivity index (χ3v) is 4.39. The van der Waals surface area contributed by atoms with Gasteiger partial charge < -0.3 is 14.8 Å². The summed E-state index contributed by atoms with van der Waals surface area (Å²) in [6.45, 7) is 5.59. The number of rotatable bonds is 9. The van der Waals surface area contributed by atoms with E-state index in [1.54, 1.807) is 21.0 Å². The SMILES string of the molecule is COC[C@@H](C)NC(=O)COc1ccc(S(=O)(=O)NC(C)C)cc1. The van der Waals surface area contributed by atoms with Crippen molar-refractivity contribution in [3.63, 3.8) is 0 Å². The van der Waals surface area contributed by atoms with Crippen molar-refractivity contribution >= 4 is 15.9 Å². The molecule has 0 spiro atoms. The molecule has 0 saturated heterocycles. The van der Waals surface area contributed by atoms with Crippen LogP contribution in [-0.4, -0.2) is 46.7 Å². The van der Waals surface area contributed by atoms with Gasteiger partial charge in [0.2, 0.25) is 10.0 Å². The molecule has 1 amide bonds. The Kier molecular flexibility index (Phi) is 7.47. The van der Waals surface area contributed by atoms with Gasteiger partial charge in [0, 0.05) is 19.2 Å². The van der Waals surface area contributed by atoms with Crippen LogP contribution < -0.4 is 14.8 Å². The van der Waals surface area contributed by atoms with Crippen LogP contribution in [0, 0.1) is 0 Å². The Morgan fingerprint density at radius 2 is 1.78 bits per heavy atom. The second-order valence-electron chi connectivity index (χ2n) is 5.46. The van der Waals surface area contributed by atoms with Crippen molar-refractivity contribution in [2.24, 2.45) is 0 Å². The first kappa shape index (κ1) is 19.4. The Bertz CT molecular complexity index is 599. The maximum Gasteiger partial charge on any atom is 0.258 e. The number of benzene rings is 1. The highest BCUT2D eigenvalue weighted by atomic mass is 32.2. The zero-order valence-corrected chi connectivity index (χ0v) is 14.6. The second kappa shape index (κ2) is 8.85. The highest BCUT2D eigenvalue weighted by Gasteiger charge is 2.15. The summed E-state index contributed by atoms with van der Waals surface area (Å²) >= 11 is 0. The van der Waals surface area contributed by atoms with E-state index in [1.165, 1.54) is 24.3 Å². The van der Waals surface area contributed by atoms with Crippen molar-refractivity contribution in [2.75, 3.05) is 20.3 Å². The predicted molar refractivity (Wildman–Crippen MR) is 86.9 cm³/mol. The smallest absolute Gasteiger partial charge is 0.258 e. The Morgan fingerprint density at radius 3 is 2.30 bits per heavy atom. The summed E-state index contributed by atoms with van der Waals surface area (Å²) in [5, 5.41) is 2.71. The molecule has 0 aliphatic heterocycles. The number of ether oxygens (including phenoxy) is 2. The molecule has 0 bridgehead atoms. The summed E-state index contributed by atoms with van der Waals surface area (Å²) in [4.78, 5) is 11.8. The van der Waals surface area contributed by atoms with E-state index in [1.807, 2.05) is 6.92 Å². The van der Waals surface area contributed by atoms with E-state index in [4.69, 9.17) is 9.47 Å². The van der Waals surface area contributed by atoms with Crippen molar-refractivity contribution < 1.29 is 22.7 Å². The highest BCUT2D eigenvalue weighted by Crippen LogP contribution is 2.16. The van der Waals surface area contributed by atoms with Crippen LogP contribution in [0.2, 0.25) is 0 Å². The molecule has 1 aromatic carbocycles. The Balaban J connectivity index is 2.56. The van der Waals surface area contributed by atoms with Gasteiger partial charge in [-0.25, -0.2) is 13.1 Å². The van der Waals surface area contributed by atoms with E-state index >= 15 is 0 Å². The summed E-state index contributed by atoms with van der Waals surface area (Å²) < 4.78 is 36.7. The highest BCUT2D eigenvalue weighted by molar-refractivity contribution is 7.89. The molecule has 0 saturated carbocycles. The first-order valence-electron chi connectivity index (χ1n) is 7.28. The minimum Gasteiger partial charge on any atom is -0.484 e. The molecular weight excluding hydrogens is 320 g/mol. The zero-order valence-electron chi connectivity index (χ0n) is 13.8. The van der Waals surface area contributed by atoms with Gasteiger partial charge in [-0.05, 0) is 45.0 Å². The summed E-state index contributed by atoms with van der Waals surface area (Å²) in [6, 6.07) is 5.61. The van der Waals surface area contributed by atoms with Gasteiger partial charge in [-0.15, -0.1) is 0 Å². The number of amides is 1. The van der Waals surface area contributed by atoms with Crippen LogP contribution in [-0.2, 0) is 19.6 Å². The van der Waals surface area contributed by atoms with Gasteiger partial charge in [-0.1, -0.05) is 0 Å². The molecule has 0 unspecified atom stereocenters. The van der Waals surface area contributed by atoms with Crippen molar-refractivity contribution in [1.29, 1.82) is 0 Å². The van der Waals surface area contributed by atoms with Gasteiger partial charge >= 0.3 is 0 Å². The molecule has 0 heterocycles. The van der Waals surface area contributed by atoms with Crippen LogP contribution >= 0.6 is 0 Å². The summed E-state index contributed by atoms with van der Waals surface area (Å²) in [5.74, 6) is 0.149. The molecule has 23 heavy (non-hydrogen) atoms. The molecule has 1 aromatic rings. The lowest BCUT2D eigenvalue weighted by Gasteiger charge is -2.13. The molecule has 0 fully saturated rings. The third kappa shape index (κ3) is 6.98. The largest absolute Gasteiger partial charge is 0.484 e. The Hall–Kier alpha value is -1.64. The van der Waals surface area contributed by atoms with Crippen molar-refractivity contribution in [3.8, 4) is 5.75 Å². The van der Waals surface area contributed by atoms with Crippen molar-refractivity contribution in [2.45, 2.75) is 37.8 Å². The number of nitrogens with one attached hydrogen (secondary N) is 2. The minimum absolute atomic E-state index is 0.106. The van der Waals surface area contributed by atoms with Crippen molar-refractivity contribution in [3.05, 3.63) is 24.3 Å². The molecule has 8 heteroatoms. The van der Waals surface area contributed by atoms with Crippen LogP contribution in [0.3, 0.4) is 0 Å². The lowest BCUT2D eigenvalue weighted by atomic mass is 10.3. The van der Waals surface area contributed by atoms with E-state index in [9.17, 15) is 13.2 Å². The van der Waals surface area contributed by atoms with Crippen molar-refractivity contribution in [1.82, 2.24) is 10.0 Å². The standard InChI is InChI=1S/C15H24N2O5S/c1-11(2)17-23(19,20)14-7-5-13(6-8-14)22-10-15(18)16-12(3)9-21-4/h5-8,11-12,17H,9-10H2,1-4H3,(H,16,18)/t12-/m1/s1. The van der Waals surface area contributed by atoms with Gasteiger partial charge in [-0.3, -0.25) is 4.79 Å². The first-order chi connectivity index (χ1) is 10.7. The Morgan fingerprint density at radius 1 is 1.17 bits per heavy atom. The number of carbonyl (C=O) groups is 1. The molecule has 0 radical (unpaired) electrons. The predicted octanol–water partition coefficient (Wildman–Crippen LogP) is 0.903. The maximum atomic E-state index is 12.0. The fraction of sp³-hybridized carbons (Fsp3) is 0.533. The molecule has 1 rings (SSSR count). The lowest BCUT2D eigenvalue weighted by molar-refractivity contribution is -0.124. The van der Waals surface area contributed by atoms with E-state index in [0.29, 0.717) is 12.4 Å². The molecule has 130 valence electrons. The molecular formula is C15H24N2O5S. The monoisotopic (exact) mass is 344 g/mol. The maximum absolute atomic E-state index is 12.0. The van der Waals surface area contributed by atoms with Crippen LogP contribution in [0.15, 0.2) is 29.2 Å². The minimum atomic E-state index is -3.53. The quantitative estimate of drug-likeness (QED) is 0.694. The average Bonchev–Trinajstić information content (AvgIpc) is 2.44. The van der Waals surface area contributed by atoms with E-state index in [-0.39, 0.29) is 29.5 Å². The second-order valence-corrected chi connectivity index (χ2v) is 7.17. The van der Waals surface area contributed by atoms with Gasteiger partial charge in [-0.2, -0.15) is 0 Å². The third-order valence-electron chi connectivity index (χ3n) is 2.72. The lowest BCUT2D eigenvalue weighted by Crippen LogP contribution is -2.38. The fourth-order valence-electron chi connectivity index (χ4n) is 1.85. The normalized spacial score (nSPS) is 12.9. The summed E-state index contributed by atoms with van der Waals surface area (Å²) in [7, 11) is -1.97. The number of hydrogen-bond donors (Lipinski definition) is 2. The van der Waals surface area contributed by atoms with E-state index < -0.39 is 10.0 Å². The van der Waals surface area contributed by atoms with Gasteiger partial charge in [0.1, 0.15) is 5.75 Å². The van der Waals surface area contributed by atoms with Crippen LogP contribution in [0.5, 0.6) is 5.75 Å². The van der Waals surface area contributed by atoms with Crippen LogP contribution in [0.25, 0.3) is 0 Å². The number of hydrogen-bond acceptors (Lipinski definition) is 5. The molecule has 7 nitrogen and oxygen atoms in total. The molecule has 1 atom stereocenters. The van der Waals surface area contributed by atoms with Gasteiger partial charge in [0.25, 0.3) is 5.91 Å². The fourth-order valence-corrected chi connectivity index (χ4v) is 3.10. The van der Waals surface area contributed by atoms with Crippen LogP contribution in [0.1, 0.15) is 20.8 Å². The summed E-state index contributed by atoms with van der Waals surface area (Å²) in [5.41, 5.74) is 0. The van der Waals surface area contributed by atoms with Crippen LogP contribution in [0.4, 0.5) is 0 Å². The molecule has 0 aliphatic rings. The number of methoxy groups -OCH3 is 1. The topological polar surface area (TPSA) is 93.7 Å². The average molecular weight is 344 g/mol. The van der Waals surface area contributed by atoms with E-state index in [0.717, 1.165) is 0 Å².